The van der Waals surface area contributed by atoms with Crippen molar-refractivity contribution in [3.8, 4) is 0 Å². The van der Waals surface area contributed by atoms with E-state index in [0.717, 1.165) is 9.78 Å². The molecule has 8 heteroatoms. The highest BCUT2D eigenvalue weighted by Crippen LogP contribution is 2.29. The van der Waals surface area contributed by atoms with E-state index in [1.165, 1.54) is 17.6 Å². The SMILES string of the molecule is CC(NC(=O)CN1C(=O)NC(C)(c2ccco2)C1=O)c1cccs1. The second-order valence-electron chi connectivity index (χ2n) is 5.73. The van der Waals surface area contributed by atoms with E-state index in [0.29, 0.717) is 5.76 Å². The van der Waals surface area contributed by atoms with Crippen molar-refractivity contribution in [3.05, 3.63) is 46.5 Å². The molecule has 0 aromatic carbocycles. The molecule has 1 saturated heterocycles. The molecule has 7 nitrogen and oxygen atoms in total. The zero-order chi connectivity index (χ0) is 17.3. The van der Waals surface area contributed by atoms with Gasteiger partial charge >= 0.3 is 6.03 Å². The Bertz CT molecular complexity index is 756. The lowest BCUT2D eigenvalue weighted by molar-refractivity contribution is -0.135. The number of nitrogens with zero attached hydrogens (tertiary/aromatic N) is 1. The quantitative estimate of drug-likeness (QED) is 0.809. The number of furan rings is 1. The lowest BCUT2D eigenvalue weighted by Crippen LogP contribution is -2.43. The number of amides is 4. The molecule has 24 heavy (non-hydrogen) atoms. The van der Waals surface area contributed by atoms with Gasteiger partial charge < -0.3 is 15.1 Å². The summed E-state index contributed by atoms with van der Waals surface area (Å²) in [6.45, 7) is 3.07. The molecule has 126 valence electrons. The van der Waals surface area contributed by atoms with Gasteiger partial charge in [0.15, 0.2) is 5.54 Å². The van der Waals surface area contributed by atoms with Crippen molar-refractivity contribution >= 4 is 29.2 Å². The van der Waals surface area contributed by atoms with Crippen LogP contribution in [-0.4, -0.2) is 29.3 Å². The Balaban J connectivity index is 1.68. The lowest BCUT2D eigenvalue weighted by Gasteiger charge is -2.19. The van der Waals surface area contributed by atoms with Crippen molar-refractivity contribution < 1.29 is 18.8 Å². The Kier molecular flexibility index (Phi) is 4.15. The fraction of sp³-hybridized carbons (Fsp3) is 0.312. The van der Waals surface area contributed by atoms with Crippen molar-refractivity contribution in [1.82, 2.24) is 15.5 Å². The number of carbonyl (C=O) groups excluding carboxylic acids is 3. The molecule has 4 amide bonds. The van der Waals surface area contributed by atoms with Gasteiger partial charge in [0.1, 0.15) is 12.3 Å². The van der Waals surface area contributed by atoms with Gasteiger partial charge in [0.05, 0.1) is 12.3 Å². The molecular weight excluding hydrogens is 330 g/mol. The summed E-state index contributed by atoms with van der Waals surface area (Å²) in [5, 5.41) is 7.29. The maximum absolute atomic E-state index is 12.6. The van der Waals surface area contributed by atoms with Gasteiger partial charge in [-0.1, -0.05) is 6.07 Å². The highest BCUT2D eigenvalue weighted by molar-refractivity contribution is 7.10. The van der Waals surface area contributed by atoms with Gasteiger partial charge in [-0.05, 0) is 37.4 Å². The van der Waals surface area contributed by atoms with Crippen molar-refractivity contribution in [2.45, 2.75) is 25.4 Å². The van der Waals surface area contributed by atoms with Crippen LogP contribution in [0.1, 0.15) is 30.5 Å². The third kappa shape index (κ3) is 2.80. The van der Waals surface area contributed by atoms with Crippen LogP contribution in [0.3, 0.4) is 0 Å². The summed E-state index contributed by atoms with van der Waals surface area (Å²) >= 11 is 1.53. The Labute approximate surface area is 142 Å². The fourth-order valence-electron chi connectivity index (χ4n) is 2.61. The third-order valence-corrected chi connectivity index (χ3v) is 4.99. The number of carbonyl (C=O) groups is 3. The minimum absolute atomic E-state index is 0.185. The van der Waals surface area contributed by atoms with Gasteiger partial charge in [0, 0.05) is 4.88 Å². The van der Waals surface area contributed by atoms with Gasteiger partial charge in [-0.15, -0.1) is 11.3 Å². The number of rotatable bonds is 5. The summed E-state index contributed by atoms with van der Waals surface area (Å²) in [6, 6.07) is 6.26. The van der Waals surface area contributed by atoms with Crippen LogP contribution in [0.5, 0.6) is 0 Å². The maximum Gasteiger partial charge on any atom is 0.325 e. The van der Waals surface area contributed by atoms with E-state index in [1.807, 2.05) is 24.4 Å². The summed E-state index contributed by atoms with van der Waals surface area (Å²) < 4.78 is 5.24. The van der Waals surface area contributed by atoms with Crippen LogP contribution >= 0.6 is 11.3 Å². The number of imide groups is 1. The number of urea groups is 1. The normalized spacial score (nSPS) is 21.7. The summed E-state index contributed by atoms with van der Waals surface area (Å²) in [5.74, 6) is -0.583. The van der Waals surface area contributed by atoms with Crippen LogP contribution in [0.25, 0.3) is 0 Å². The van der Waals surface area contributed by atoms with E-state index in [4.69, 9.17) is 4.42 Å². The van der Waals surface area contributed by atoms with Crippen molar-refractivity contribution in [2.24, 2.45) is 0 Å². The number of hydrogen-bond donors (Lipinski definition) is 2. The molecular formula is C16H17N3O4S. The zero-order valence-electron chi connectivity index (χ0n) is 13.2. The second-order valence-corrected chi connectivity index (χ2v) is 6.71. The van der Waals surface area contributed by atoms with Crippen molar-refractivity contribution in [1.29, 1.82) is 0 Å². The molecule has 0 radical (unpaired) electrons. The molecule has 2 N–H and O–H groups in total. The summed E-state index contributed by atoms with van der Waals surface area (Å²) in [4.78, 5) is 38.8. The number of nitrogens with one attached hydrogen (secondary N) is 2. The van der Waals surface area contributed by atoms with Gasteiger partial charge in [0.2, 0.25) is 5.91 Å². The van der Waals surface area contributed by atoms with E-state index in [-0.39, 0.29) is 12.6 Å². The first kappa shape index (κ1) is 16.3. The van der Waals surface area contributed by atoms with Crippen LogP contribution in [0.4, 0.5) is 4.79 Å². The number of thiophene rings is 1. The Morgan fingerprint density at radius 1 is 1.42 bits per heavy atom. The van der Waals surface area contributed by atoms with E-state index in [9.17, 15) is 14.4 Å². The Hall–Kier alpha value is -2.61. The molecule has 0 saturated carbocycles. The highest BCUT2D eigenvalue weighted by Gasteiger charge is 2.51. The average Bonchev–Trinajstić information content (AvgIpc) is 3.26. The van der Waals surface area contributed by atoms with Crippen LogP contribution in [0, 0.1) is 0 Å². The van der Waals surface area contributed by atoms with Gasteiger partial charge in [-0.3, -0.25) is 14.5 Å². The molecule has 0 bridgehead atoms. The molecule has 3 rings (SSSR count). The molecule has 0 spiro atoms. The molecule has 2 atom stereocenters. The van der Waals surface area contributed by atoms with Crippen LogP contribution < -0.4 is 10.6 Å². The van der Waals surface area contributed by atoms with E-state index in [1.54, 1.807) is 19.1 Å². The highest BCUT2D eigenvalue weighted by atomic mass is 32.1. The topological polar surface area (TPSA) is 91.7 Å². The molecule has 3 heterocycles. The lowest BCUT2D eigenvalue weighted by atomic mass is 9.99. The molecule has 2 aromatic rings. The van der Waals surface area contributed by atoms with E-state index in [2.05, 4.69) is 10.6 Å². The first-order chi connectivity index (χ1) is 11.4. The van der Waals surface area contributed by atoms with Crippen LogP contribution in [0.2, 0.25) is 0 Å². The first-order valence-corrected chi connectivity index (χ1v) is 8.30. The first-order valence-electron chi connectivity index (χ1n) is 7.42. The van der Waals surface area contributed by atoms with E-state index < -0.39 is 23.4 Å². The van der Waals surface area contributed by atoms with Gasteiger partial charge in [-0.2, -0.15) is 0 Å². The summed E-state index contributed by atoms with van der Waals surface area (Å²) in [6.07, 6.45) is 1.43. The predicted octanol–water partition coefficient (Wildman–Crippen LogP) is 1.99. The number of hydrogen-bond acceptors (Lipinski definition) is 5. The largest absolute Gasteiger partial charge is 0.466 e. The molecule has 2 unspecified atom stereocenters. The minimum Gasteiger partial charge on any atom is -0.466 e. The van der Waals surface area contributed by atoms with Crippen molar-refractivity contribution in [3.63, 3.8) is 0 Å². The monoisotopic (exact) mass is 347 g/mol. The van der Waals surface area contributed by atoms with Crippen LogP contribution in [-0.2, 0) is 15.1 Å². The van der Waals surface area contributed by atoms with Crippen LogP contribution in [0.15, 0.2) is 40.3 Å². The van der Waals surface area contributed by atoms with E-state index >= 15 is 0 Å². The zero-order valence-corrected chi connectivity index (χ0v) is 14.1. The molecule has 2 aromatic heterocycles. The smallest absolute Gasteiger partial charge is 0.325 e. The third-order valence-electron chi connectivity index (χ3n) is 3.94. The molecule has 1 aliphatic heterocycles. The maximum atomic E-state index is 12.6. The standard InChI is InChI=1S/C16H17N3O4S/c1-10(11-5-4-8-24-11)17-13(20)9-19-14(21)16(2,18-15(19)22)12-6-3-7-23-12/h3-8,10H,9H2,1-2H3,(H,17,20)(H,18,22). The minimum atomic E-state index is -1.29. The second kappa shape index (κ2) is 6.12. The Morgan fingerprint density at radius 3 is 2.83 bits per heavy atom. The predicted molar refractivity (Wildman–Crippen MR) is 87.2 cm³/mol. The van der Waals surface area contributed by atoms with Crippen molar-refractivity contribution in [2.75, 3.05) is 6.54 Å². The average molecular weight is 347 g/mol. The summed E-state index contributed by atoms with van der Waals surface area (Å²) in [7, 11) is 0. The van der Waals surface area contributed by atoms with Gasteiger partial charge in [-0.25, -0.2) is 4.79 Å². The Morgan fingerprint density at radius 2 is 2.21 bits per heavy atom. The molecule has 1 fully saturated rings. The molecule has 1 aliphatic rings. The summed E-state index contributed by atoms with van der Waals surface area (Å²) in [5.41, 5.74) is -1.29. The fourth-order valence-corrected chi connectivity index (χ4v) is 3.34. The molecule has 0 aliphatic carbocycles. The van der Waals surface area contributed by atoms with Gasteiger partial charge in [0.25, 0.3) is 5.91 Å².